The second kappa shape index (κ2) is 9.05. The molecule has 1 aliphatic rings. The minimum absolute atomic E-state index is 0.00188. The van der Waals surface area contributed by atoms with Gasteiger partial charge in [-0.15, -0.1) is 0 Å². The normalized spacial score (nSPS) is 22.5. The number of hydrogen-bond donors (Lipinski definition) is 2. The Morgan fingerprint density at radius 2 is 1.75 bits per heavy atom. The van der Waals surface area contributed by atoms with E-state index in [9.17, 15) is 9.59 Å². The van der Waals surface area contributed by atoms with E-state index in [1.54, 1.807) is 0 Å². The van der Waals surface area contributed by atoms with Crippen LogP contribution in [0.4, 0.5) is 0 Å². The average molecular weight is 335 g/mol. The molecule has 0 radical (unpaired) electrons. The van der Waals surface area contributed by atoms with Crippen molar-refractivity contribution in [2.45, 2.75) is 72.8 Å². The van der Waals surface area contributed by atoms with Crippen LogP contribution in [0.3, 0.4) is 0 Å². The number of hydrogen-bond acceptors (Lipinski definition) is 3. The summed E-state index contributed by atoms with van der Waals surface area (Å²) in [5, 5.41) is 14.1. The van der Waals surface area contributed by atoms with E-state index in [1.807, 2.05) is 19.9 Å². The molecule has 5 heteroatoms. The van der Waals surface area contributed by atoms with Gasteiger partial charge in [0.25, 0.3) is 0 Å². The van der Waals surface area contributed by atoms with Crippen LogP contribution in [0.2, 0.25) is 0 Å². The molecule has 1 rings (SSSR count). The Bertz CT molecular complexity index is 466. The second-order valence-electron chi connectivity index (χ2n) is 8.48. The summed E-state index contributed by atoms with van der Waals surface area (Å²) in [7, 11) is 0. The van der Waals surface area contributed by atoms with Gasteiger partial charge in [-0.3, -0.25) is 9.59 Å². The third-order valence-electron chi connectivity index (χ3n) is 5.00. The van der Waals surface area contributed by atoms with Gasteiger partial charge in [-0.1, -0.05) is 34.6 Å². The lowest BCUT2D eigenvalue weighted by Crippen LogP contribution is -2.49. The Morgan fingerprint density at radius 3 is 2.21 bits per heavy atom. The highest BCUT2D eigenvalue weighted by atomic mass is 16.2. The predicted molar refractivity (Wildman–Crippen MR) is 94.9 cm³/mol. The SMILES string of the molecule is CC(C)C[C@H](NC(=O)C1CCC(C(C)(C)C)CC1)C(=O)NCC#N. The molecule has 0 unspecified atom stereocenters. The molecule has 1 atom stereocenters. The monoisotopic (exact) mass is 335 g/mol. The first-order chi connectivity index (χ1) is 11.1. The lowest BCUT2D eigenvalue weighted by atomic mass is 9.69. The van der Waals surface area contributed by atoms with Gasteiger partial charge in [0.05, 0.1) is 6.07 Å². The number of rotatable bonds is 6. The van der Waals surface area contributed by atoms with Crippen LogP contribution >= 0.6 is 0 Å². The molecular weight excluding hydrogens is 302 g/mol. The van der Waals surface area contributed by atoms with Gasteiger partial charge in [0, 0.05) is 5.92 Å². The molecule has 0 heterocycles. The lowest BCUT2D eigenvalue weighted by molar-refractivity contribution is -0.132. The van der Waals surface area contributed by atoms with Gasteiger partial charge in [-0.05, 0) is 49.4 Å². The summed E-state index contributed by atoms with van der Waals surface area (Å²) in [6.07, 6.45) is 4.50. The summed E-state index contributed by atoms with van der Waals surface area (Å²) in [6.45, 7) is 10.8. The van der Waals surface area contributed by atoms with Crippen molar-refractivity contribution in [1.29, 1.82) is 5.26 Å². The van der Waals surface area contributed by atoms with Crippen LogP contribution in [0.5, 0.6) is 0 Å². The number of nitrogens with one attached hydrogen (secondary N) is 2. The molecule has 0 aromatic carbocycles. The molecule has 0 aromatic rings. The molecule has 1 aliphatic carbocycles. The summed E-state index contributed by atoms with van der Waals surface area (Å²) in [5.74, 6) is 0.677. The Morgan fingerprint density at radius 1 is 1.17 bits per heavy atom. The third-order valence-corrected chi connectivity index (χ3v) is 5.00. The summed E-state index contributed by atoms with van der Waals surface area (Å²) >= 11 is 0. The molecule has 0 aromatic heterocycles. The Hall–Kier alpha value is -1.57. The van der Waals surface area contributed by atoms with Crippen LogP contribution in [0.1, 0.15) is 66.7 Å². The second-order valence-corrected chi connectivity index (χ2v) is 8.48. The zero-order valence-electron chi connectivity index (χ0n) is 15.8. The summed E-state index contributed by atoms with van der Waals surface area (Å²) in [5.41, 5.74) is 0.290. The van der Waals surface area contributed by atoms with E-state index >= 15 is 0 Å². The number of carbonyl (C=O) groups is 2. The van der Waals surface area contributed by atoms with Crippen LogP contribution in [-0.2, 0) is 9.59 Å². The third kappa shape index (κ3) is 6.51. The molecule has 0 bridgehead atoms. The topological polar surface area (TPSA) is 82.0 Å². The number of nitrogens with zero attached hydrogens (tertiary/aromatic N) is 1. The van der Waals surface area contributed by atoms with E-state index in [4.69, 9.17) is 5.26 Å². The van der Waals surface area contributed by atoms with Crippen LogP contribution in [-0.4, -0.2) is 24.4 Å². The summed E-state index contributed by atoms with van der Waals surface area (Å²) in [6, 6.07) is 1.35. The van der Waals surface area contributed by atoms with Gasteiger partial charge >= 0.3 is 0 Å². The van der Waals surface area contributed by atoms with Gasteiger partial charge in [0.1, 0.15) is 12.6 Å². The highest BCUT2D eigenvalue weighted by Gasteiger charge is 2.33. The van der Waals surface area contributed by atoms with Gasteiger partial charge < -0.3 is 10.6 Å². The first-order valence-electron chi connectivity index (χ1n) is 9.10. The van der Waals surface area contributed by atoms with Crippen molar-refractivity contribution in [2.24, 2.45) is 23.2 Å². The fourth-order valence-electron chi connectivity index (χ4n) is 3.46. The molecule has 2 N–H and O–H groups in total. The van der Waals surface area contributed by atoms with Crippen molar-refractivity contribution in [2.75, 3.05) is 6.54 Å². The Balaban J connectivity index is 2.59. The summed E-state index contributed by atoms with van der Waals surface area (Å²) in [4.78, 5) is 24.7. The average Bonchev–Trinajstić information content (AvgIpc) is 2.50. The molecule has 0 aliphatic heterocycles. The molecule has 1 saturated carbocycles. The van der Waals surface area contributed by atoms with Crippen molar-refractivity contribution < 1.29 is 9.59 Å². The molecule has 0 saturated heterocycles. The minimum Gasteiger partial charge on any atom is -0.344 e. The van der Waals surface area contributed by atoms with Crippen molar-refractivity contribution in [1.82, 2.24) is 10.6 Å². The number of carbonyl (C=O) groups excluding carboxylic acids is 2. The smallest absolute Gasteiger partial charge is 0.243 e. The van der Waals surface area contributed by atoms with E-state index in [-0.39, 0.29) is 24.3 Å². The maximum absolute atomic E-state index is 12.6. The minimum atomic E-state index is -0.550. The maximum atomic E-state index is 12.6. The Kier molecular flexibility index (Phi) is 7.72. The highest BCUT2D eigenvalue weighted by Crippen LogP contribution is 2.39. The van der Waals surface area contributed by atoms with E-state index < -0.39 is 6.04 Å². The van der Waals surface area contributed by atoms with E-state index in [1.165, 1.54) is 0 Å². The zero-order chi connectivity index (χ0) is 18.3. The molecule has 24 heavy (non-hydrogen) atoms. The molecule has 5 nitrogen and oxygen atoms in total. The van der Waals surface area contributed by atoms with Crippen LogP contribution in [0.25, 0.3) is 0 Å². The highest BCUT2D eigenvalue weighted by molar-refractivity contribution is 5.88. The van der Waals surface area contributed by atoms with Crippen molar-refractivity contribution in [3.8, 4) is 6.07 Å². The lowest BCUT2D eigenvalue weighted by Gasteiger charge is -2.36. The summed E-state index contributed by atoms with van der Waals surface area (Å²) < 4.78 is 0. The molecule has 1 fully saturated rings. The molecule has 0 spiro atoms. The quantitative estimate of drug-likeness (QED) is 0.732. The number of nitriles is 1. The van der Waals surface area contributed by atoms with E-state index in [0.29, 0.717) is 23.7 Å². The van der Waals surface area contributed by atoms with Crippen LogP contribution in [0, 0.1) is 34.5 Å². The Labute approximate surface area is 146 Å². The van der Waals surface area contributed by atoms with Crippen molar-refractivity contribution >= 4 is 11.8 Å². The maximum Gasteiger partial charge on any atom is 0.243 e. The van der Waals surface area contributed by atoms with E-state index in [2.05, 4.69) is 31.4 Å². The van der Waals surface area contributed by atoms with E-state index in [0.717, 1.165) is 25.7 Å². The van der Waals surface area contributed by atoms with Crippen LogP contribution < -0.4 is 10.6 Å². The van der Waals surface area contributed by atoms with Crippen molar-refractivity contribution in [3.05, 3.63) is 0 Å². The van der Waals surface area contributed by atoms with Gasteiger partial charge in [-0.25, -0.2) is 0 Å². The number of amides is 2. The van der Waals surface area contributed by atoms with Gasteiger partial charge in [0.2, 0.25) is 11.8 Å². The van der Waals surface area contributed by atoms with Crippen molar-refractivity contribution in [3.63, 3.8) is 0 Å². The van der Waals surface area contributed by atoms with Gasteiger partial charge in [0.15, 0.2) is 0 Å². The fourth-order valence-corrected chi connectivity index (χ4v) is 3.46. The zero-order valence-corrected chi connectivity index (χ0v) is 15.8. The standard InChI is InChI=1S/C19H33N3O2/c1-13(2)12-16(18(24)21-11-10-20)22-17(23)14-6-8-15(9-7-14)19(3,4)5/h13-16H,6-9,11-12H2,1-5H3,(H,21,24)(H,22,23)/t14?,15?,16-/m0/s1. The van der Waals surface area contributed by atoms with Gasteiger partial charge in [-0.2, -0.15) is 5.26 Å². The molecule has 2 amide bonds. The fraction of sp³-hybridized carbons (Fsp3) is 0.842. The first-order valence-corrected chi connectivity index (χ1v) is 9.10. The first kappa shape index (κ1) is 20.5. The largest absolute Gasteiger partial charge is 0.344 e. The van der Waals surface area contributed by atoms with Crippen LogP contribution in [0.15, 0.2) is 0 Å². The predicted octanol–water partition coefficient (Wildman–Crippen LogP) is 3.01. The molecule has 136 valence electrons. The molecular formula is C19H33N3O2.